The van der Waals surface area contributed by atoms with Gasteiger partial charge in [0.05, 0.1) is 7.11 Å². The number of ether oxygens (including phenoxy) is 1. The summed E-state index contributed by atoms with van der Waals surface area (Å²) in [5.74, 6) is 1.46. The van der Waals surface area contributed by atoms with Crippen LogP contribution in [0.2, 0.25) is 0 Å². The standard InChI is InChI=1S/C14H20O2/c1-9(2)8-13(15)12-6-7-14(16-5)11(4)10(12)3/h6-7,9H,8H2,1-5H3. The minimum Gasteiger partial charge on any atom is -0.496 e. The SMILES string of the molecule is COc1ccc(C(=O)CC(C)C)c(C)c1C. The second kappa shape index (κ2) is 5.15. The molecule has 0 spiro atoms. The molecule has 0 amide bonds. The van der Waals surface area contributed by atoms with E-state index in [0.717, 1.165) is 22.4 Å². The van der Waals surface area contributed by atoms with Gasteiger partial charge in [0.1, 0.15) is 5.75 Å². The highest BCUT2D eigenvalue weighted by atomic mass is 16.5. The van der Waals surface area contributed by atoms with Crippen LogP contribution in [-0.4, -0.2) is 12.9 Å². The molecule has 88 valence electrons. The van der Waals surface area contributed by atoms with E-state index < -0.39 is 0 Å². The number of ketones is 1. The number of hydrogen-bond donors (Lipinski definition) is 0. The van der Waals surface area contributed by atoms with Crippen molar-refractivity contribution in [1.29, 1.82) is 0 Å². The predicted molar refractivity (Wildman–Crippen MR) is 66.3 cm³/mol. The van der Waals surface area contributed by atoms with Crippen molar-refractivity contribution in [2.45, 2.75) is 34.1 Å². The molecule has 1 aromatic carbocycles. The summed E-state index contributed by atoms with van der Waals surface area (Å²) in [5.41, 5.74) is 2.91. The van der Waals surface area contributed by atoms with Gasteiger partial charge in [-0.2, -0.15) is 0 Å². The smallest absolute Gasteiger partial charge is 0.163 e. The van der Waals surface area contributed by atoms with Crippen molar-refractivity contribution in [2.24, 2.45) is 5.92 Å². The van der Waals surface area contributed by atoms with Gasteiger partial charge in [0, 0.05) is 12.0 Å². The van der Waals surface area contributed by atoms with Gasteiger partial charge in [-0.3, -0.25) is 4.79 Å². The monoisotopic (exact) mass is 220 g/mol. The van der Waals surface area contributed by atoms with Crippen LogP contribution in [0, 0.1) is 19.8 Å². The zero-order valence-electron chi connectivity index (χ0n) is 10.8. The highest BCUT2D eigenvalue weighted by molar-refractivity contribution is 5.98. The summed E-state index contributed by atoms with van der Waals surface area (Å²) in [5, 5.41) is 0. The van der Waals surface area contributed by atoms with E-state index in [1.807, 2.05) is 26.0 Å². The van der Waals surface area contributed by atoms with Crippen molar-refractivity contribution in [1.82, 2.24) is 0 Å². The quantitative estimate of drug-likeness (QED) is 0.725. The number of carbonyl (C=O) groups excluding carboxylic acids is 1. The maximum Gasteiger partial charge on any atom is 0.163 e. The van der Waals surface area contributed by atoms with Gasteiger partial charge in [0.15, 0.2) is 5.78 Å². The van der Waals surface area contributed by atoms with Crippen molar-refractivity contribution in [3.63, 3.8) is 0 Å². The number of methoxy groups -OCH3 is 1. The van der Waals surface area contributed by atoms with E-state index in [2.05, 4.69) is 13.8 Å². The Labute approximate surface area is 97.6 Å². The second-order valence-corrected chi connectivity index (χ2v) is 4.59. The average Bonchev–Trinajstić information content (AvgIpc) is 2.20. The van der Waals surface area contributed by atoms with Gasteiger partial charge in [0.25, 0.3) is 0 Å². The van der Waals surface area contributed by atoms with Gasteiger partial charge in [-0.25, -0.2) is 0 Å². The molecule has 2 heteroatoms. The third kappa shape index (κ3) is 2.63. The zero-order chi connectivity index (χ0) is 12.3. The van der Waals surface area contributed by atoms with Crippen molar-refractivity contribution >= 4 is 5.78 Å². The molecule has 0 bridgehead atoms. The molecule has 1 aromatic rings. The van der Waals surface area contributed by atoms with Gasteiger partial charge >= 0.3 is 0 Å². The minimum absolute atomic E-state index is 0.221. The Morgan fingerprint density at radius 1 is 1.25 bits per heavy atom. The molecule has 0 saturated carbocycles. The lowest BCUT2D eigenvalue weighted by Gasteiger charge is -2.12. The van der Waals surface area contributed by atoms with Crippen molar-refractivity contribution < 1.29 is 9.53 Å². The molecule has 1 rings (SSSR count). The van der Waals surface area contributed by atoms with Crippen LogP contribution in [0.1, 0.15) is 41.8 Å². The summed E-state index contributed by atoms with van der Waals surface area (Å²) in [6.07, 6.45) is 0.604. The third-order valence-electron chi connectivity index (χ3n) is 2.85. The van der Waals surface area contributed by atoms with Gasteiger partial charge in [-0.1, -0.05) is 13.8 Å². The summed E-state index contributed by atoms with van der Waals surface area (Å²) in [4.78, 5) is 12.0. The van der Waals surface area contributed by atoms with E-state index in [4.69, 9.17) is 4.74 Å². The van der Waals surface area contributed by atoms with Crippen LogP contribution in [0.15, 0.2) is 12.1 Å². The topological polar surface area (TPSA) is 26.3 Å². The third-order valence-corrected chi connectivity index (χ3v) is 2.85. The van der Waals surface area contributed by atoms with Crippen LogP contribution in [0.4, 0.5) is 0 Å². The first-order valence-electron chi connectivity index (χ1n) is 5.64. The van der Waals surface area contributed by atoms with E-state index in [0.29, 0.717) is 12.3 Å². The summed E-state index contributed by atoms with van der Waals surface area (Å²) in [6.45, 7) is 8.08. The lowest BCUT2D eigenvalue weighted by atomic mass is 9.95. The molecule has 0 N–H and O–H groups in total. The molecule has 2 nitrogen and oxygen atoms in total. The molecule has 0 aliphatic carbocycles. The molecule has 0 aliphatic heterocycles. The molecule has 0 radical (unpaired) electrons. The molecular weight excluding hydrogens is 200 g/mol. The number of carbonyl (C=O) groups is 1. The molecule has 0 aromatic heterocycles. The lowest BCUT2D eigenvalue weighted by Crippen LogP contribution is -2.07. The molecule has 0 unspecified atom stereocenters. The number of rotatable bonds is 4. The largest absolute Gasteiger partial charge is 0.496 e. The normalized spacial score (nSPS) is 10.6. The van der Waals surface area contributed by atoms with Crippen LogP contribution in [-0.2, 0) is 0 Å². The molecular formula is C14H20O2. The average molecular weight is 220 g/mol. The van der Waals surface area contributed by atoms with E-state index in [1.165, 1.54) is 0 Å². The highest BCUT2D eigenvalue weighted by Gasteiger charge is 2.14. The second-order valence-electron chi connectivity index (χ2n) is 4.59. The van der Waals surface area contributed by atoms with Crippen LogP contribution in [0.5, 0.6) is 5.75 Å². The molecule has 0 fully saturated rings. The maximum atomic E-state index is 12.0. The fraction of sp³-hybridized carbons (Fsp3) is 0.500. The minimum atomic E-state index is 0.221. The Morgan fingerprint density at radius 2 is 1.88 bits per heavy atom. The molecule has 0 heterocycles. The highest BCUT2D eigenvalue weighted by Crippen LogP contribution is 2.25. The Morgan fingerprint density at radius 3 is 2.38 bits per heavy atom. The Balaban J connectivity index is 3.07. The van der Waals surface area contributed by atoms with E-state index in [-0.39, 0.29) is 5.78 Å². The van der Waals surface area contributed by atoms with E-state index in [1.54, 1.807) is 7.11 Å². The molecule has 0 atom stereocenters. The first-order valence-corrected chi connectivity index (χ1v) is 5.64. The van der Waals surface area contributed by atoms with Gasteiger partial charge < -0.3 is 4.74 Å². The lowest BCUT2D eigenvalue weighted by molar-refractivity contribution is 0.0967. The fourth-order valence-electron chi connectivity index (χ4n) is 1.80. The summed E-state index contributed by atoms with van der Waals surface area (Å²) in [6, 6.07) is 3.74. The van der Waals surface area contributed by atoms with Crippen LogP contribution < -0.4 is 4.74 Å². The first kappa shape index (κ1) is 12.8. The predicted octanol–water partition coefficient (Wildman–Crippen LogP) is 3.54. The van der Waals surface area contributed by atoms with Crippen LogP contribution in [0.25, 0.3) is 0 Å². The molecule has 0 aliphatic rings. The molecule has 0 saturated heterocycles. The number of Topliss-reactive ketones (excluding diaryl/α,β-unsaturated/α-hetero) is 1. The Kier molecular flexibility index (Phi) is 4.11. The van der Waals surface area contributed by atoms with Crippen molar-refractivity contribution in [3.05, 3.63) is 28.8 Å². The van der Waals surface area contributed by atoms with Gasteiger partial charge in [-0.05, 0) is 43.0 Å². The van der Waals surface area contributed by atoms with Gasteiger partial charge in [0.2, 0.25) is 0 Å². The fourth-order valence-corrected chi connectivity index (χ4v) is 1.80. The summed E-state index contributed by atoms with van der Waals surface area (Å²) < 4.78 is 5.23. The van der Waals surface area contributed by atoms with Gasteiger partial charge in [-0.15, -0.1) is 0 Å². The summed E-state index contributed by atoms with van der Waals surface area (Å²) >= 11 is 0. The Bertz CT molecular complexity index is 392. The number of benzene rings is 1. The van der Waals surface area contributed by atoms with Crippen LogP contribution in [0.3, 0.4) is 0 Å². The first-order chi connectivity index (χ1) is 7.47. The zero-order valence-corrected chi connectivity index (χ0v) is 10.8. The Hall–Kier alpha value is -1.31. The van der Waals surface area contributed by atoms with E-state index >= 15 is 0 Å². The summed E-state index contributed by atoms with van der Waals surface area (Å²) in [7, 11) is 1.65. The van der Waals surface area contributed by atoms with Crippen LogP contribution >= 0.6 is 0 Å². The number of hydrogen-bond acceptors (Lipinski definition) is 2. The van der Waals surface area contributed by atoms with E-state index in [9.17, 15) is 4.79 Å². The maximum absolute atomic E-state index is 12.0. The van der Waals surface area contributed by atoms with Crippen molar-refractivity contribution in [3.8, 4) is 5.75 Å². The van der Waals surface area contributed by atoms with Crippen molar-refractivity contribution in [2.75, 3.05) is 7.11 Å². The molecule has 16 heavy (non-hydrogen) atoms.